The van der Waals surface area contributed by atoms with Crippen LogP contribution < -0.4 is 0 Å². The molecule has 1 aliphatic heterocycles. The summed E-state index contributed by atoms with van der Waals surface area (Å²) in [5.74, 6) is -0.827. The van der Waals surface area contributed by atoms with Crippen molar-refractivity contribution < 1.29 is 14.6 Å². The van der Waals surface area contributed by atoms with Crippen LogP contribution in [-0.4, -0.2) is 23.3 Å². The van der Waals surface area contributed by atoms with Crippen LogP contribution in [0.2, 0.25) is 0 Å². The average molecular weight is 144 g/mol. The topological polar surface area (TPSA) is 46.5 Å². The second kappa shape index (κ2) is 3.01. The van der Waals surface area contributed by atoms with Gasteiger partial charge < -0.3 is 9.84 Å². The molecular weight excluding hydrogens is 132 g/mol. The number of carboxylic acids is 1. The lowest BCUT2D eigenvalue weighted by molar-refractivity contribution is -0.157. The zero-order valence-electron chi connectivity index (χ0n) is 6.04. The number of carboxylic acid groups (broad SMARTS) is 1. The number of hydrogen-bond acceptors (Lipinski definition) is 2. The predicted molar refractivity (Wildman–Crippen MR) is 35.8 cm³/mol. The first-order chi connectivity index (χ1) is 4.70. The third-order valence-electron chi connectivity index (χ3n) is 1.75. The third-order valence-corrected chi connectivity index (χ3v) is 1.75. The monoisotopic (exact) mass is 144 g/mol. The van der Waals surface area contributed by atoms with Crippen molar-refractivity contribution in [3.8, 4) is 0 Å². The van der Waals surface area contributed by atoms with Crippen molar-refractivity contribution in [2.45, 2.75) is 38.4 Å². The second-order valence-corrected chi connectivity index (χ2v) is 2.70. The Morgan fingerprint density at radius 3 is 2.70 bits per heavy atom. The van der Waals surface area contributed by atoms with Gasteiger partial charge in [-0.3, -0.25) is 0 Å². The van der Waals surface area contributed by atoms with Crippen molar-refractivity contribution in [2.24, 2.45) is 0 Å². The molecule has 1 fully saturated rings. The van der Waals surface area contributed by atoms with Gasteiger partial charge in [-0.15, -0.1) is 0 Å². The molecule has 0 aromatic heterocycles. The molecule has 0 bridgehead atoms. The molecule has 0 amide bonds. The molecule has 3 heteroatoms. The number of carbonyl (C=O) groups is 1. The molecule has 1 heterocycles. The fraction of sp³-hybridized carbons (Fsp3) is 0.857. The van der Waals surface area contributed by atoms with Crippen molar-refractivity contribution in [1.82, 2.24) is 0 Å². The van der Waals surface area contributed by atoms with Crippen molar-refractivity contribution in [1.29, 1.82) is 0 Å². The van der Waals surface area contributed by atoms with E-state index >= 15 is 0 Å². The maximum atomic E-state index is 10.4. The van der Waals surface area contributed by atoms with Crippen LogP contribution in [0.25, 0.3) is 0 Å². The van der Waals surface area contributed by atoms with E-state index in [0.29, 0.717) is 6.42 Å². The number of rotatable bonds is 1. The Kier molecular flexibility index (Phi) is 2.27. The molecule has 0 unspecified atom stereocenters. The Morgan fingerprint density at radius 2 is 2.30 bits per heavy atom. The molecule has 0 aliphatic carbocycles. The first-order valence-corrected chi connectivity index (χ1v) is 3.58. The molecule has 1 aliphatic rings. The van der Waals surface area contributed by atoms with Crippen molar-refractivity contribution in [2.75, 3.05) is 0 Å². The van der Waals surface area contributed by atoms with E-state index in [-0.39, 0.29) is 6.10 Å². The van der Waals surface area contributed by atoms with Gasteiger partial charge in [0.15, 0.2) is 6.10 Å². The summed E-state index contributed by atoms with van der Waals surface area (Å²) in [6.07, 6.45) is 2.19. The van der Waals surface area contributed by atoms with Crippen LogP contribution in [0.4, 0.5) is 0 Å². The number of hydrogen-bond donors (Lipinski definition) is 1. The molecular formula is C7H12O3. The average Bonchev–Trinajstić information content (AvgIpc) is 1.88. The van der Waals surface area contributed by atoms with Gasteiger partial charge in [-0.2, -0.15) is 0 Å². The smallest absolute Gasteiger partial charge is 0.332 e. The van der Waals surface area contributed by atoms with Crippen molar-refractivity contribution in [3.05, 3.63) is 0 Å². The molecule has 0 aromatic rings. The lowest BCUT2D eigenvalue weighted by Crippen LogP contribution is -2.31. The van der Waals surface area contributed by atoms with Crippen LogP contribution in [0.15, 0.2) is 0 Å². The van der Waals surface area contributed by atoms with E-state index in [1.54, 1.807) is 0 Å². The Hall–Kier alpha value is -0.570. The molecule has 2 atom stereocenters. The van der Waals surface area contributed by atoms with Gasteiger partial charge in [0.25, 0.3) is 0 Å². The second-order valence-electron chi connectivity index (χ2n) is 2.70. The van der Waals surface area contributed by atoms with E-state index < -0.39 is 12.1 Å². The standard InChI is InChI=1S/C7H12O3/c1-5-3-2-4-6(10-5)7(8)9/h5-6H,2-4H2,1H3,(H,8,9)/t5-,6-/m1/s1. The fourth-order valence-corrected chi connectivity index (χ4v) is 1.19. The lowest BCUT2D eigenvalue weighted by Gasteiger charge is -2.24. The minimum atomic E-state index is -0.827. The van der Waals surface area contributed by atoms with Gasteiger partial charge in [0.1, 0.15) is 0 Å². The normalized spacial score (nSPS) is 33.7. The molecule has 0 saturated carbocycles. The van der Waals surface area contributed by atoms with Gasteiger partial charge >= 0.3 is 5.97 Å². The first kappa shape index (κ1) is 7.54. The molecule has 0 spiro atoms. The van der Waals surface area contributed by atoms with Crippen molar-refractivity contribution >= 4 is 5.97 Å². The summed E-state index contributed by atoms with van der Waals surface area (Å²) in [5.41, 5.74) is 0. The van der Waals surface area contributed by atoms with Crippen LogP contribution >= 0.6 is 0 Å². The summed E-state index contributed by atoms with van der Waals surface area (Å²) in [6.45, 7) is 1.91. The van der Waals surface area contributed by atoms with Gasteiger partial charge in [-0.25, -0.2) is 4.79 Å². The van der Waals surface area contributed by atoms with E-state index in [1.807, 2.05) is 6.92 Å². The lowest BCUT2D eigenvalue weighted by atomic mass is 10.1. The quantitative estimate of drug-likeness (QED) is 0.597. The zero-order chi connectivity index (χ0) is 7.56. The van der Waals surface area contributed by atoms with Crippen LogP contribution in [0.5, 0.6) is 0 Å². The highest BCUT2D eigenvalue weighted by molar-refractivity contribution is 5.72. The molecule has 0 aromatic carbocycles. The highest BCUT2D eigenvalue weighted by Gasteiger charge is 2.24. The maximum absolute atomic E-state index is 10.4. The molecule has 10 heavy (non-hydrogen) atoms. The number of aliphatic carboxylic acids is 1. The van der Waals surface area contributed by atoms with E-state index in [4.69, 9.17) is 9.84 Å². The van der Waals surface area contributed by atoms with Crippen LogP contribution in [-0.2, 0) is 9.53 Å². The Bertz CT molecular complexity index is 133. The SMILES string of the molecule is C[C@@H]1CCC[C@H](C(=O)O)O1. The fourth-order valence-electron chi connectivity index (χ4n) is 1.19. The number of ether oxygens (including phenoxy) is 1. The van der Waals surface area contributed by atoms with E-state index in [2.05, 4.69) is 0 Å². The molecule has 1 N–H and O–H groups in total. The first-order valence-electron chi connectivity index (χ1n) is 3.58. The Balaban J connectivity index is 2.39. The summed E-state index contributed by atoms with van der Waals surface area (Å²) in [7, 11) is 0. The van der Waals surface area contributed by atoms with Gasteiger partial charge in [0.2, 0.25) is 0 Å². The van der Waals surface area contributed by atoms with Gasteiger partial charge in [0.05, 0.1) is 6.10 Å². The van der Waals surface area contributed by atoms with Crippen LogP contribution in [0, 0.1) is 0 Å². The maximum Gasteiger partial charge on any atom is 0.332 e. The molecule has 58 valence electrons. The summed E-state index contributed by atoms with van der Waals surface area (Å²) >= 11 is 0. The van der Waals surface area contributed by atoms with Gasteiger partial charge in [-0.05, 0) is 26.2 Å². The molecule has 1 rings (SSSR count). The van der Waals surface area contributed by atoms with Crippen LogP contribution in [0.3, 0.4) is 0 Å². The van der Waals surface area contributed by atoms with Crippen molar-refractivity contribution in [3.63, 3.8) is 0 Å². The predicted octanol–water partition coefficient (Wildman–Crippen LogP) is 1.03. The summed E-state index contributed by atoms with van der Waals surface area (Å²) < 4.78 is 5.15. The minimum Gasteiger partial charge on any atom is -0.479 e. The summed E-state index contributed by atoms with van der Waals surface area (Å²) in [5, 5.41) is 8.53. The van der Waals surface area contributed by atoms with E-state index in [1.165, 1.54) is 0 Å². The molecule has 1 saturated heterocycles. The highest BCUT2D eigenvalue weighted by Crippen LogP contribution is 2.18. The van der Waals surface area contributed by atoms with E-state index in [0.717, 1.165) is 12.8 Å². The largest absolute Gasteiger partial charge is 0.479 e. The van der Waals surface area contributed by atoms with E-state index in [9.17, 15) is 4.79 Å². The molecule has 3 nitrogen and oxygen atoms in total. The van der Waals surface area contributed by atoms with Crippen LogP contribution in [0.1, 0.15) is 26.2 Å². The zero-order valence-corrected chi connectivity index (χ0v) is 6.04. The van der Waals surface area contributed by atoms with Gasteiger partial charge in [-0.1, -0.05) is 0 Å². The third kappa shape index (κ3) is 1.70. The summed E-state index contributed by atoms with van der Waals surface area (Å²) in [6, 6.07) is 0. The Labute approximate surface area is 60.0 Å². The van der Waals surface area contributed by atoms with Gasteiger partial charge in [0, 0.05) is 0 Å². The minimum absolute atomic E-state index is 0.120. The highest BCUT2D eigenvalue weighted by atomic mass is 16.5. The summed E-state index contributed by atoms with van der Waals surface area (Å²) in [4.78, 5) is 10.4. The Morgan fingerprint density at radius 1 is 1.60 bits per heavy atom. The molecule has 0 radical (unpaired) electrons.